The minimum Gasteiger partial charge on any atom is -0.302 e. The van der Waals surface area contributed by atoms with Crippen molar-refractivity contribution in [3.8, 4) is 11.4 Å². The van der Waals surface area contributed by atoms with Crippen molar-refractivity contribution in [1.82, 2.24) is 14.8 Å². The second-order valence-electron chi connectivity index (χ2n) is 5.55. The van der Waals surface area contributed by atoms with Crippen LogP contribution in [0.1, 0.15) is 18.1 Å². The van der Waals surface area contributed by atoms with Crippen LogP contribution in [0.15, 0.2) is 41.6 Å². The Morgan fingerprint density at radius 2 is 1.76 bits per heavy atom. The number of halogens is 3. The van der Waals surface area contributed by atoms with E-state index in [9.17, 15) is 0 Å². The van der Waals surface area contributed by atoms with Gasteiger partial charge in [-0.25, -0.2) is 0 Å². The molecule has 3 rings (SSSR count). The summed E-state index contributed by atoms with van der Waals surface area (Å²) in [5, 5.41) is 11.4. The summed E-state index contributed by atoms with van der Waals surface area (Å²) in [6.07, 6.45) is 0. The van der Waals surface area contributed by atoms with E-state index in [1.54, 1.807) is 11.8 Å². The summed E-state index contributed by atoms with van der Waals surface area (Å²) in [5.74, 6) is 1.56. The Bertz CT molecular complexity index is 909. The van der Waals surface area contributed by atoms with E-state index in [1.165, 1.54) is 0 Å². The molecule has 0 aliphatic heterocycles. The van der Waals surface area contributed by atoms with Crippen molar-refractivity contribution in [1.29, 1.82) is 0 Å². The molecule has 1 aromatic heterocycles. The van der Waals surface area contributed by atoms with Crippen molar-refractivity contribution in [3.05, 3.63) is 62.6 Å². The number of nitrogens with zero attached hydrogens (tertiary/aromatic N) is 3. The van der Waals surface area contributed by atoms with Crippen LogP contribution in [0.2, 0.25) is 15.1 Å². The van der Waals surface area contributed by atoms with Gasteiger partial charge < -0.3 is 4.57 Å². The second-order valence-corrected chi connectivity index (χ2v) is 7.72. The molecular weight excluding hydrogens is 397 g/mol. The van der Waals surface area contributed by atoms with Crippen LogP contribution in [-0.2, 0) is 12.3 Å². The SMILES string of the molecule is CCn1c(SCc2ccc(Cl)c(Cl)c2)nnc1-c1ccc(C)c(Cl)c1. The van der Waals surface area contributed by atoms with Gasteiger partial charge in [-0.1, -0.05) is 64.8 Å². The quantitative estimate of drug-likeness (QED) is 0.446. The first-order valence-corrected chi connectivity index (χ1v) is 9.88. The van der Waals surface area contributed by atoms with E-state index in [0.717, 1.165) is 45.0 Å². The van der Waals surface area contributed by atoms with Gasteiger partial charge in [-0.3, -0.25) is 0 Å². The van der Waals surface area contributed by atoms with Gasteiger partial charge in [0.2, 0.25) is 0 Å². The molecule has 25 heavy (non-hydrogen) atoms. The number of hydrogen-bond donors (Lipinski definition) is 0. The topological polar surface area (TPSA) is 30.7 Å². The Kier molecular flexibility index (Phi) is 5.95. The molecule has 7 heteroatoms. The Hall–Kier alpha value is -1.20. The van der Waals surface area contributed by atoms with Crippen LogP contribution in [0, 0.1) is 6.92 Å². The minimum atomic E-state index is 0.561. The zero-order valence-electron chi connectivity index (χ0n) is 13.8. The lowest BCUT2D eigenvalue weighted by atomic mass is 10.1. The van der Waals surface area contributed by atoms with Gasteiger partial charge in [0.05, 0.1) is 10.0 Å². The van der Waals surface area contributed by atoms with Crippen LogP contribution in [0.4, 0.5) is 0 Å². The maximum absolute atomic E-state index is 6.25. The fourth-order valence-corrected chi connectivity index (χ4v) is 3.85. The van der Waals surface area contributed by atoms with Gasteiger partial charge in [0, 0.05) is 22.9 Å². The van der Waals surface area contributed by atoms with Gasteiger partial charge in [0.15, 0.2) is 11.0 Å². The zero-order chi connectivity index (χ0) is 18.0. The average molecular weight is 413 g/mol. The largest absolute Gasteiger partial charge is 0.302 e. The molecular formula is C18H16Cl3N3S. The standard InChI is InChI=1S/C18H16Cl3N3S/c1-3-24-17(13-6-4-11(2)15(20)9-13)22-23-18(24)25-10-12-5-7-14(19)16(21)8-12/h4-9H,3,10H2,1-2H3. The Morgan fingerprint density at radius 3 is 2.44 bits per heavy atom. The van der Waals surface area contributed by atoms with Crippen LogP contribution in [0.3, 0.4) is 0 Å². The van der Waals surface area contributed by atoms with Gasteiger partial charge >= 0.3 is 0 Å². The average Bonchev–Trinajstić information content (AvgIpc) is 3.01. The molecule has 130 valence electrons. The first-order chi connectivity index (χ1) is 12.0. The molecule has 3 aromatic rings. The Labute approximate surface area is 166 Å². The number of aromatic nitrogens is 3. The highest BCUT2D eigenvalue weighted by Gasteiger charge is 2.14. The third kappa shape index (κ3) is 4.14. The van der Waals surface area contributed by atoms with Crippen LogP contribution in [-0.4, -0.2) is 14.8 Å². The fraction of sp³-hybridized carbons (Fsp3) is 0.222. The number of hydrogen-bond acceptors (Lipinski definition) is 3. The molecule has 0 saturated carbocycles. The summed E-state index contributed by atoms with van der Waals surface area (Å²) in [7, 11) is 0. The molecule has 1 heterocycles. The van der Waals surface area contributed by atoms with Crippen LogP contribution < -0.4 is 0 Å². The van der Waals surface area contributed by atoms with Gasteiger partial charge in [-0.2, -0.15) is 0 Å². The van der Waals surface area contributed by atoms with Gasteiger partial charge in [0.1, 0.15) is 0 Å². The highest BCUT2D eigenvalue weighted by atomic mass is 35.5. The third-order valence-corrected chi connectivity index (χ3v) is 6.00. The highest BCUT2D eigenvalue weighted by molar-refractivity contribution is 7.98. The van der Waals surface area contributed by atoms with Crippen molar-refractivity contribution < 1.29 is 0 Å². The first kappa shape index (κ1) is 18.6. The minimum absolute atomic E-state index is 0.561. The molecule has 0 aliphatic carbocycles. The van der Waals surface area contributed by atoms with E-state index in [-0.39, 0.29) is 0 Å². The number of rotatable bonds is 5. The zero-order valence-corrected chi connectivity index (χ0v) is 16.8. The first-order valence-electron chi connectivity index (χ1n) is 7.76. The van der Waals surface area contributed by atoms with E-state index in [0.29, 0.717) is 10.0 Å². The predicted molar refractivity (Wildman–Crippen MR) is 107 cm³/mol. The van der Waals surface area contributed by atoms with Crippen molar-refractivity contribution >= 4 is 46.6 Å². The van der Waals surface area contributed by atoms with Crippen molar-refractivity contribution in [3.63, 3.8) is 0 Å². The van der Waals surface area contributed by atoms with Gasteiger partial charge in [-0.15, -0.1) is 10.2 Å². The second kappa shape index (κ2) is 8.00. The maximum Gasteiger partial charge on any atom is 0.191 e. The monoisotopic (exact) mass is 411 g/mol. The molecule has 0 radical (unpaired) electrons. The van der Waals surface area contributed by atoms with E-state index in [2.05, 4.69) is 21.7 Å². The van der Waals surface area contributed by atoms with Crippen LogP contribution >= 0.6 is 46.6 Å². The summed E-state index contributed by atoms with van der Waals surface area (Å²) in [5.41, 5.74) is 3.10. The summed E-state index contributed by atoms with van der Waals surface area (Å²) in [6, 6.07) is 11.6. The molecule has 0 amide bonds. The van der Waals surface area contributed by atoms with Crippen molar-refractivity contribution in [2.24, 2.45) is 0 Å². The molecule has 0 saturated heterocycles. The van der Waals surface area contributed by atoms with E-state index in [4.69, 9.17) is 34.8 Å². The lowest BCUT2D eigenvalue weighted by molar-refractivity contribution is 0.687. The molecule has 0 N–H and O–H groups in total. The van der Waals surface area contributed by atoms with Crippen molar-refractivity contribution in [2.45, 2.75) is 31.3 Å². The molecule has 0 atom stereocenters. The molecule has 0 spiro atoms. The molecule has 2 aromatic carbocycles. The lowest BCUT2D eigenvalue weighted by Gasteiger charge is -2.08. The molecule has 0 aliphatic rings. The number of thioether (sulfide) groups is 1. The Balaban J connectivity index is 1.84. The normalized spacial score (nSPS) is 11.1. The lowest BCUT2D eigenvalue weighted by Crippen LogP contribution is -2.00. The van der Waals surface area contributed by atoms with Crippen LogP contribution in [0.5, 0.6) is 0 Å². The molecule has 3 nitrogen and oxygen atoms in total. The van der Waals surface area contributed by atoms with Gasteiger partial charge in [-0.05, 0) is 43.2 Å². The van der Waals surface area contributed by atoms with E-state index in [1.807, 2.05) is 43.3 Å². The van der Waals surface area contributed by atoms with E-state index >= 15 is 0 Å². The third-order valence-electron chi connectivity index (χ3n) is 3.82. The smallest absolute Gasteiger partial charge is 0.191 e. The maximum atomic E-state index is 6.25. The molecule has 0 bridgehead atoms. The highest BCUT2D eigenvalue weighted by Crippen LogP contribution is 2.30. The summed E-state index contributed by atoms with van der Waals surface area (Å²) in [4.78, 5) is 0. The number of benzene rings is 2. The number of aryl methyl sites for hydroxylation is 1. The predicted octanol–water partition coefficient (Wildman–Crippen LogP) is 6.53. The molecule has 0 fully saturated rings. The van der Waals surface area contributed by atoms with E-state index < -0.39 is 0 Å². The fourth-order valence-electron chi connectivity index (χ4n) is 2.40. The summed E-state index contributed by atoms with van der Waals surface area (Å²) >= 11 is 19.9. The molecule has 0 unspecified atom stereocenters. The van der Waals surface area contributed by atoms with Crippen molar-refractivity contribution in [2.75, 3.05) is 0 Å². The summed E-state index contributed by atoms with van der Waals surface area (Å²) in [6.45, 7) is 4.83. The van der Waals surface area contributed by atoms with Crippen LogP contribution in [0.25, 0.3) is 11.4 Å². The summed E-state index contributed by atoms with van der Waals surface area (Å²) < 4.78 is 2.09. The van der Waals surface area contributed by atoms with Gasteiger partial charge in [0.25, 0.3) is 0 Å². The Morgan fingerprint density at radius 1 is 0.960 bits per heavy atom.